The maximum absolute atomic E-state index is 10.8. The fraction of sp³-hybridized carbons (Fsp3) is 0.0526. The Morgan fingerprint density at radius 1 is 0.739 bits per heavy atom. The van der Waals surface area contributed by atoms with Gasteiger partial charge in [0.15, 0.2) is 9.79 Å². The van der Waals surface area contributed by atoms with Crippen molar-refractivity contribution >= 4 is 16.6 Å². The molecule has 0 unspecified atom stereocenters. The smallest absolute Gasteiger partial charge is 0.258 e. The Labute approximate surface area is 138 Å². The van der Waals surface area contributed by atoms with Crippen molar-refractivity contribution in [3.63, 3.8) is 0 Å². The largest absolute Gasteiger partial charge is 0.269 e. The van der Waals surface area contributed by atoms with Gasteiger partial charge in [0.05, 0.1) is 15.8 Å². The molecular weight excluding hydrogens is 306 g/mol. The first-order chi connectivity index (χ1) is 11.2. The molecule has 114 valence electrons. The lowest BCUT2D eigenvalue weighted by molar-refractivity contribution is -0.384. The lowest BCUT2D eigenvalue weighted by Crippen LogP contribution is -2.07. The number of nitro groups is 1. The van der Waals surface area contributed by atoms with Crippen LogP contribution in [0.15, 0.2) is 94.7 Å². The summed E-state index contributed by atoms with van der Waals surface area (Å²) in [6.07, 6.45) is 0. The molecule has 0 aliphatic carbocycles. The molecule has 0 radical (unpaired) electrons. The van der Waals surface area contributed by atoms with Gasteiger partial charge in [-0.3, -0.25) is 10.1 Å². The Bertz CT molecular complexity index is 734. The number of hydrogen-bond acceptors (Lipinski definition) is 2. The van der Waals surface area contributed by atoms with Gasteiger partial charge in [0.1, 0.15) is 5.75 Å². The third-order valence-corrected chi connectivity index (χ3v) is 5.82. The van der Waals surface area contributed by atoms with Gasteiger partial charge >= 0.3 is 0 Å². The van der Waals surface area contributed by atoms with E-state index in [2.05, 4.69) is 24.3 Å². The van der Waals surface area contributed by atoms with Crippen molar-refractivity contribution in [2.45, 2.75) is 15.5 Å². The van der Waals surface area contributed by atoms with E-state index in [9.17, 15) is 10.1 Å². The summed E-state index contributed by atoms with van der Waals surface area (Å²) in [5, 5.41) is 10.8. The molecule has 23 heavy (non-hydrogen) atoms. The lowest BCUT2D eigenvalue weighted by atomic mass is 10.2. The number of benzene rings is 3. The van der Waals surface area contributed by atoms with E-state index in [1.165, 1.54) is 9.79 Å². The standard InChI is InChI=1S/C19H16NO2S/c21-20(22)17-13-11-16(12-14-17)15-23(18-7-3-1-4-8-18)19-9-5-2-6-10-19/h1-14H,15H2/q+1. The Kier molecular flexibility index (Phi) is 4.74. The average Bonchev–Trinajstić information content (AvgIpc) is 2.61. The third kappa shape index (κ3) is 3.79. The van der Waals surface area contributed by atoms with Crippen molar-refractivity contribution in [2.24, 2.45) is 0 Å². The van der Waals surface area contributed by atoms with E-state index in [4.69, 9.17) is 0 Å². The molecule has 0 spiro atoms. The van der Waals surface area contributed by atoms with E-state index in [-0.39, 0.29) is 21.5 Å². The summed E-state index contributed by atoms with van der Waals surface area (Å²) in [4.78, 5) is 13.0. The summed E-state index contributed by atoms with van der Waals surface area (Å²) in [5.41, 5.74) is 1.24. The van der Waals surface area contributed by atoms with Gasteiger partial charge in [-0.1, -0.05) is 36.4 Å². The summed E-state index contributed by atoms with van der Waals surface area (Å²) in [6, 6.07) is 27.6. The molecule has 3 aromatic carbocycles. The summed E-state index contributed by atoms with van der Waals surface area (Å²) >= 11 is 0. The summed E-state index contributed by atoms with van der Waals surface area (Å²) in [6.45, 7) is 0. The first kappa shape index (κ1) is 15.3. The first-order valence-corrected chi connectivity index (χ1v) is 8.68. The predicted octanol–water partition coefficient (Wildman–Crippen LogP) is 4.83. The van der Waals surface area contributed by atoms with Crippen LogP contribution in [0.5, 0.6) is 0 Å². The van der Waals surface area contributed by atoms with Gasteiger partial charge in [0, 0.05) is 17.7 Å². The van der Waals surface area contributed by atoms with E-state index in [0.29, 0.717) is 0 Å². The Balaban J connectivity index is 1.92. The maximum atomic E-state index is 10.8. The SMILES string of the molecule is O=[N+]([O-])c1ccc(C[S+](c2ccccc2)c2ccccc2)cc1. The summed E-state index contributed by atoms with van der Waals surface area (Å²) in [7, 11) is -0.0894. The predicted molar refractivity (Wildman–Crippen MR) is 93.6 cm³/mol. The van der Waals surface area contributed by atoms with Crippen molar-refractivity contribution < 1.29 is 4.92 Å². The van der Waals surface area contributed by atoms with Gasteiger partial charge in [0.25, 0.3) is 5.69 Å². The highest BCUT2D eigenvalue weighted by Crippen LogP contribution is 2.27. The molecule has 4 heteroatoms. The van der Waals surface area contributed by atoms with Gasteiger partial charge in [-0.2, -0.15) is 0 Å². The van der Waals surface area contributed by atoms with Crippen molar-refractivity contribution in [1.82, 2.24) is 0 Å². The Hall–Kier alpha value is -2.59. The van der Waals surface area contributed by atoms with Gasteiger partial charge in [-0.15, -0.1) is 0 Å². The van der Waals surface area contributed by atoms with Crippen LogP contribution >= 0.6 is 0 Å². The molecule has 0 saturated carbocycles. The van der Waals surface area contributed by atoms with Crippen LogP contribution in [0.1, 0.15) is 5.56 Å². The molecule has 0 atom stereocenters. The molecule has 0 N–H and O–H groups in total. The zero-order valence-electron chi connectivity index (χ0n) is 12.5. The number of rotatable bonds is 5. The molecule has 0 fully saturated rings. The fourth-order valence-electron chi connectivity index (χ4n) is 2.35. The minimum Gasteiger partial charge on any atom is -0.258 e. The second-order valence-electron chi connectivity index (χ2n) is 5.08. The van der Waals surface area contributed by atoms with Crippen LogP contribution < -0.4 is 0 Å². The van der Waals surface area contributed by atoms with Crippen molar-refractivity contribution in [3.8, 4) is 0 Å². The van der Waals surface area contributed by atoms with Crippen LogP contribution in [0.3, 0.4) is 0 Å². The molecule has 0 aliphatic heterocycles. The zero-order chi connectivity index (χ0) is 16.1. The lowest BCUT2D eigenvalue weighted by Gasteiger charge is -2.08. The normalized spacial score (nSPS) is 10.7. The first-order valence-electron chi connectivity index (χ1n) is 7.28. The topological polar surface area (TPSA) is 43.1 Å². The van der Waals surface area contributed by atoms with E-state index < -0.39 is 0 Å². The Morgan fingerprint density at radius 3 is 1.65 bits per heavy atom. The Morgan fingerprint density at radius 2 is 1.22 bits per heavy atom. The maximum Gasteiger partial charge on any atom is 0.269 e. The van der Waals surface area contributed by atoms with E-state index in [1.807, 2.05) is 48.5 Å². The van der Waals surface area contributed by atoms with Gasteiger partial charge < -0.3 is 0 Å². The molecule has 0 bridgehead atoms. The minimum atomic E-state index is -0.363. The summed E-state index contributed by atoms with van der Waals surface area (Å²) < 4.78 is 0. The number of non-ortho nitro benzene ring substituents is 1. The van der Waals surface area contributed by atoms with E-state index in [1.54, 1.807) is 12.1 Å². The van der Waals surface area contributed by atoms with Crippen molar-refractivity contribution in [1.29, 1.82) is 0 Å². The highest BCUT2D eigenvalue weighted by molar-refractivity contribution is 7.96. The molecule has 0 heterocycles. The molecule has 0 saturated heterocycles. The molecule has 0 aromatic heterocycles. The zero-order valence-corrected chi connectivity index (χ0v) is 13.3. The molecule has 3 rings (SSSR count). The molecule has 3 aromatic rings. The average molecular weight is 322 g/mol. The van der Waals surface area contributed by atoms with Gasteiger partial charge in [0.2, 0.25) is 0 Å². The number of nitrogens with zero attached hydrogens (tertiary/aromatic N) is 1. The van der Waals surface area contributed by atoms with Crippen LogP contribution in [0.25, 0.3) is 0 Å². The fourth-order valence-corrected chi connectivity index (χ4v) is 4.46. The quantitative estimate of drug-likeness (QED) is 0.383. The van der Waals surface area contributed by atoms with Crippen LogP contribution in [0, 0.1) is 10.1 Å². The van der Waals surface area contributed by atoms with Crippen LogP contribution in [-0.2, 0) is 16.6 Å². The van der Waals surface area contributed by atoms with E-state index in [0.717, 1.165) is 11.3 Å². The molecular formula is C19H16NO2S+. The highest BCUT2D eigenvalue weighted by Gasteiger charge is 2.25. The van der Waals surface area contributed by atoms with Crippen LogP contribution in [0.2, 0.25) is 0 Å². The monoisotopic (exact) mass is 322 g/mol. The molecule has 0 amide bonds. The third-order valence-electron chi connectivity index (χ3n) is 3.51. The van der Waals surface area contributed by atoms with Gasteiger partial charge in [-0.05, 0) is 36.4 Å². The van der Waals surface area contributed by atoms with E-state index >= 15 is 0 Å². The minimum absolute atomic E-state index is 0.0894. The second kappa shape index (κ2) is 7.11. The molecule has 0 aliphatic rings. The van der Waals surface area contributed by atoms with Crippen molar-refractivity contribution in [3.05, 3.63) is 101 Å². The summed E-state index contributed by atoms with van der Waals surface area (Å²) in [5.74, 6) is 0.839. The van der Waals surface area contributed by atoms with Gasteiger partial charge in [-0.25, -0.2) is 0 Å². The van der Waals surface area contributed by atoms with Crippen LogP contribution in [-0.4, -0.2) is 4.92 Å². The number of nitro benzene ring substituents is 1. The number of hydrogen-bond donors (Lipinski definition) is 0. The highest BCUT2D eigenvalue weighted by atomic mass is 32.2. The van der Waals surface area contributed by atoms with Crippen LogP contribution in [0.4, 0.5) is 5.69 Å². The van der Waals surface area contributed by atoms with Crippen molar-refractivity contribution in [2.75, 3.05) is 0 Å². The molecule has 3 nitrogen and oxygen atoms in total. The second-order valence-corrected chi connectivity index (χ2v) is 7.10.